The molecule has 1 aliphatic rings. The van der Waals surface area contributed by atoms with E-state index in [0.717, 1.165) is 13.2 Å². The first-order valence-corrected chi connectivity index (χ1v) is 12.3. The highest BCUT2D eigenvalue weighted by atomic mass is 16.5. The monoisotopic (exact) mass is 528 g/mol. The quantitative estimate of drug-likeness (QED) is 0.275. The molecule has 0 unspecified atom stereocenters. The third kappa shape index (κ3) is 4.99. The van der Waals surface area contributed by atoms with Gasteiger partial charge in [-0.2, -0.15) is 0 Å². The zero-order valence-corrected chi connectivity index (χ0v) is 20.6. The van der Waals surface area contributed by atoms with Gasteiger partial charge in [-0.05, 0) is 54.8 Å². The number of hydrogen-bond acceptors (Lipinski definition) is 8. The number of para-hydroxylation sites is 2. The van der Waals surface area contributed by atoms with Crippen molar-refractivity contribution in [2.75, 3.05) is 13.2 Å². The van der Waals surface area contributed by atoms with Gasteiger partial charge in [0.2, 0.25) is 0 Å². The molecule has 3 heterocycles. The van der Waals surface area contributed by atoms with Crippen LogP contribution in [0.2, 0.25) is 0 Å². The fourth-order valence-corrected chi connectivity index (χ4v) is 4.61. The fourth-order valence-electron chi connectivity index (χ4n) is 4.61. The van der Waals surface area contributed by atoms with Crippen molar-refractivity contribution in [1.82, 2.24) is 0 Å². The van der Waals surface area contributed by atoms with Crippen LogP contribution in [0.25, 0.3) is 21.9 Å². The zero-order valence-electron chi connectivity index (χ0n) is 20.6. The Morgan fingerprint density at radius 1 is 0.692 bits per heavy atom. The summed E-state index contributed by atoms with van der Waals surface area (Å²) in [6.45, 7) is 2.00. The molecule has 0 saturated carbocycles. The van der Waals surface area contributed by atoms with Crippen molar-refractivity contribution in [2.24, 2.45) is 0 Å². The van der Waals surface area contributed by atoms with E-state index in [-0.39, 0.29) is 44.2 Å². The molecule has 9 heteroatoms. The van der Waals surface area contributed by atoms with Crippen LogP contribution in [0.4, 0.5) is 0 Å². The number of fused-ring (bicyclic) bond motifs is 2. The minimum absolute atomic E-state index is 0.0213. The molecule has 5 aromatic rings. The SMILES string of the molecule is C1CCOC1.O=C(O)c1ccc(C(c2c(O)c3ccccc3oc2=O)c2c(O)c3ccccc3oc2=O)cc1. The van der Waals surface area contributed by atoms with Crippen molar-refractivity contribution < 1.29 is 33.7 Å². The lowest BCUT2D eigenvalue weighted by Crippen LogP contribution is -2.21. The Balaban J connectivity index is 0.000000555. The number of carboxylic acid groups (broad SMARTS) is 1. The molecular formula is C30H24O9. The molecule has 39 heavy (non-hydrogen) atoms. The van der Waals surface area contributed by atoms with E-state index in [4.69, 9.17) is 13.6 Å². The Morgan fingerprint density at radius 3 is 1.56 bits per heavy atom. The smallest absolute Gasteiger partial charge is 0.344 e. The van der Waals surface area contributed by atoms with Crippen molar-refractivity contribution in [3.63, 3.8) is 0 Å². The second-order valence-corrected chi connectivity index (χ2v) is 8.98. The maximum Gasteiger partial charge on any atom is 0.344 e. The standard InChI is InChI=1S/C26H16O8.C4H8O/c27-22-15-5-1-3-7-17(15)33-25(31)20(22)19(13-9-11-14(12-10-13)24(29)30)21-23(28)16-6-2-4-8-18(16)34-26(21)32;1-2-4-5-3-1/h1-12,19,27-28H,(H,29,30);1-4H2. The molecule has 0 spiro atoms. The first-order valence-electron chi connectivity index (χ1n) is 12.3. The van der Waals surface area contributed by atoms with Gasteiger partial charge in [0.15, 0.2) is 0 Å². The normalized spacial score (nSPS) is 12.9. The molecule has 3 aromatic carbocycles. The predicted octanol–water partition coefficient (Wildman–Crippen LogP) is 4.99. The molecule has 3 N–H and O–H groups in total. The second kappa shape index (κ2) is 10.8. The topological polar surface area (TPSA) is 147 Å². The molecule has 0 atom stereocenters. The van der Waals surface area contributed by atoms with E-state index in [9.17, 15) is 29.7 Å². The highest BCUT2D eigenvalue weighted by Gasteiger charge is 2.32. The van der Waals surface area contributed by atoms with Crippen LogP contribution in [0.15, 0.2) is 91.2 Å². The molecule has 0 radical (unpaired) electrons. The van der Waals surface area contributed by atoms with E-state index in [0.29, 0.717) is 0 Å². The number of benzene rings is 3. The summed E-state index contributed by atoms with van der Waals surface area (Å²) in [4.78, 5) is 37.5. The van der Waals surface area contributed by atoms with E-state index >= 15 is 0 Å². The summed E-state index contributed by atoms with van der Waals surface area (Å²) in [6.07, 6.45) is 2.56. The van der Waals surface area contributed by atoms with Gasteiger partial charge in [0.25, 0.3) is 0 Å². The van der Waals surface area contributed by atoms with Crippen molar-refractivity contribution in [2.45, 2.75) is 18.8 Å². The van der Waals surface area contributed by atoms with Crippen LogP contribution < -0.4 is 11.3 Å². The molecule has 1 aliphatic heterocycles. The summed E-state index contributed by atoms with van der Waals surface area (Å²) in [5.41, 5.74) is -1.90. The third-order valence-corrected chi connectivity index (χ3v) is 6.54. The lowest BCUT2D eigenvalue weighted by atomic mass is 9.84. The van der Waals surface area contributed by atoms with E-state index in [1.807, 2.05) is 0 Å². The number of rotatable bonds is 4. The van der Waals surface area contributed by atoms with Gasteiger partial charge in [-0.15, -0.1) is 0 Å². The molecule has 6 rings (SSSR count). The molecule has 2 aromatic heterocycles. The number of carboxylic acids is 1. The highest BCUT2D eigenvalue weighted by molar-refractivity contribution is 5.88. The zero-order chi connectivity index (χ0) is 27.5. The van der Waals surface area contributed by atoms with E-state index in [1.165, 1.54) is 49.2 Å². The maximum absolute atomic E-state index is 13.1. The number of hydrogen-bond donors (Lipinski definition) is 3. The minimum Gasteiger partial charge on any atom is -0.507 e. The predicted molar refractivity (Wildman–Crippen MR) is 143 cm³/mol. The average molecular weight is 529 g/mol. The van der Waals surface area contributed by atoms with Crippen LogP contribution in [0.1, 0.15) is 45.8 Å². The lowest BCUT2D eigenvalue weighted by Gasteiger charge is -2.19. The van der Waals surface area contributed by atoms with Crippen molar-refractivity contribution in [3.8, 4) is 11.5 Å². The van der Waals surface area contributed by atoms with Crippen molar-refractivity contribution in [1.29, 1.82) is 0 Å². The number of ether oxygens (including phenoxy) is 1. The van der Waals surface area contributed by atoms with Crippen LogP contribution in [-0.2, 0) is 4.74 Å². The Morgan fingerprint density at radius 2 is 1.15 bits per heavy atom. The van der Waals surface area contributed by atoms with Crippen LogP contribution >= 0.6 is 0 Å². The first-order chi connectivity index (χ1) is 18.9. The van der Waals surface area contributed by atoms with Crippen molar-refractivity contribution >= 4 is 27.9 Å². The third-order valence-electron chi connectivity index (χ3n) is 6.54. The van der Waals surface area contributed by atoms with Crippen LogP contribution in [0.5, 0.6) is 11.5 Å². The fraction of sp³-hybridized carbons (Fsp3) is 0.167. The molecule has 0 bridgehead atoms. The van der Waals surface area contributed by atoms with Gasteiger partial charge >= 0.3 is 17.2 Å². The Hall–Kier alpha value is -4.89. The summed E-state index contributed by atoms with van der Waals surface area (Å²) in [5, 5.41) is 31.9. The summed E-state index contributed by atoms with van der Waals surface area (Å²) in [5.74, 6) is -3.33. The summed E-state index contributed by atoms with van der Waals surface area (Å²) < 4.78 is 15.8. The first kappa shape index (κ1) is 25.7. The van der Waals surface area contributed by atoms with Gasteiger partial charge in [-0.1, -0.05) is 36.4 Å². The van der Waals surface area contributed by atoms with Gasteiger partial charge in [-0.25, -0.2) is 14.4 Å². The summed E-state index contributed by atoms with van der Waals surface area (Å²) in [6, 6.07) is 18.1. The molecule has 9 nitrogen and oxygen atoms in total. The van der Waals surface area contributed by atoms with Crippen LogP contribution in [0, 0.1) is 0 Å². The van der Waals surface area contributed by atoms with Crippen LogP contribution in [0.3, 0.4) is 0 Å². The Kier molecular flexibility index (Phi) is 7.16. The summed E-state index contributed by atoms with van der Waals surface area (Å²) >= 11 is 0. The second-order valence-electron chi connectivity index (χ2n) is 8.98. The molecule has 0 amide bonds. The largest absolute Gasteiger partial charge is 0.507 e. The molecule has 1 fully saturated rings. The van der Waals surface area contributed by atoms with Gasteiger partial charge in [0.1, 0.15) is 22.7 Å². The molecule has 1 saturated heterocycles. The Bertz CT molecular complexity index is 1670. The van der Waals surface area contributed by atoms with Crippen molar-refractivity contribution in [3.05, 3.63) is 116 Å². The average Bonchev–Trinajstić information content (AvgIpc) is 3.53. The lowest BCUT2D eigenvalue weighted by molar-refractivity contribution is 0.0697. The minimum atomic E-state index is -1.32. The molecule has 0 aliphatic carbocycles. The highest BCUT2D eigenvalue weighted by Crippen LogP contribution is 2.41. The Labute approximate surface area is 221 Å². The van der Waals surface area contributed by atoms with E-state index < -0.39 is 34.6 Å². The molecule has 198 valence electrons. The van der Waals surface area contributed by atoms with E-state index in [2.05, 4.69) is 0 Å². The van der Waals surface area contributed by atoms with Crippen LogP contribution in [-0.4, -0.2) is 34.5 Å². The van der Waals surface area contributed by atoms with Gasteiger partial charge in [0, 0.05) is 13.2 Å². The summed E-state index contributed by atoms with van der Waals surface area (Å²) in [7, 11) is 0. The van der Waals surface area contributed by atoms with Gasteiger partial charge in [-0.3, -0.25) is 0 Å². The van der Waals surface area contributed by atoms with Gasteiger partial charge in [0.05, 0.1) is 33.4 Å². The molecular weight excluding hydrogens is 504 g/mol. The number of aromatic hydroxyl groups is 2. The van der Waals surface area contributed by atoms with E-state index in [1.54, 1.807) is 36.4 Å². The number of aromatic carboxylic acids is 1. The van der Waals surface area contributed by atoms with Gasteiger partial charge < -0.3 is 28.9 Å². The number of carbonyl (C=O) groups is 1. The maximum atomic E-state index is 13.1.